The predicted octanol–water partition coefficient (Wildman–Crippen LogP) is 1.65. The second-order valence-corrected chi connectivity index (χ2v) is 6.77. The summed E-state index contributed by atoms with van der Waals surface area (Å²) >= 11 is 0. The van der Waals surface area contributed by atoms with Crippen molar-refractivity contribution in [3.63, 3.8) is 0 Å². The molecule has 1 fully saturated rings. The zero-order chi connectivity index (χ0) is 15.3. The molecule has 1 amide bonds. The quantitative estimate of drug-likeness (QED) is 0.896. The highest BCUT2D eigenvalue weighted by Crippen LogP contribution is 2.23. The molecule has 1 aliphatic rings. The normalized spacial score (nSPS) is 19.7. The third kappa shape index (κ3) is 5.08. The fourth-order valence-corrected chi connectivity index (χ4v) is 2.66. The van der Waals surface area contributed by atoms with E-state index >= 15 is 0 Å². The highest BCUT2D eigenvalue weighted by atomic mass is 16.1. The van der Waals surface area contributed by atoms with Crippen LogP contribution in [0.1, 0.15) is 39.3 Å². The molecule has 1 saturated heterocycles. The van der Waals surface area contributed by atoms with Crippen molar-refractivity contribution in [3.8, 4) is 0 Å². The lowest BCUT2D eigenvalue weighted by molar-refractivity contribution is -0.121. The Balaban J connectivity index is 1.66. The lowest BCUT2D eigenvalue weighted by Crippen LogP contribution is -2.40. The molecular formula is C16H26N4O. The Morgan fingerprint density at radius 2 is 2.24 bits per heavy atom. The van der Waals surface area contributed by atoms with Crippen LogP contribution in [0.4, 0.5) is 0 Å². The second-order valence-electron chi connectivity index (χ2n) is 6.77. The van der Waals surface area contributed by atoms with E-state index in [2.05, 4.69) is 41.0 Å². The van der Waals surface area contributed by atoms with Crippen molar-refractivity contribution in [2.45, 2.75) is 45.6 Å². The van der Waals surface area contributed by atoms with Crippen LogP contribution >= 0.6 is 0 Å². The van der Waals surface area contributed by atoms with Gasteiger partial charge in [0.15, 0.2) is 0 Å². The average molecular weight is 290 g/mol. The third-order valence-corrected chi connectivity index (χ3v) is 4.05. The average Bonchev–Trinajstić information content (AvgIpc) is 2.93. The van der Waals surface area contributed by atoms with E-state index in [-0.39, 0.29) is 11.4 Å². The Morgan fingerprint density at radius 1 is 1.43 bits per heavy atom. The summed E-state index contributed by atoms with van der Waals surface area (Å²) in [7, 11) is 0. The fraction of sp³-hybridized carbons (Fsp3) is 0.688. The molecule has 1 aromatic rings. The van der Waals surface area contributed by atoms with Gasteiger partial charge in [0.1, 0.15) is 0 Å². The van der Waals surface area contributed by atoms with E-state index < -0.39 is 0 Å². The van der Waals surface area contributed by atoms with Crippen LogP contribution in [0.25, 0.3) is 0 Å². The number of amides is 1. The standard InChI is InChI=1S/C16H26N4O/c1-16(2,3)20-9-6-13(12-20)10-19-15(21)5-4-14-11-17-7-8-18-14/h7-8,11,13H,4-6,9-10,12H2,1-3H3,(H,19,21). The maximum absolute atomic E-state index is 11.9. The molecule has 21 heavy (non-hydrogen) atoms. The minimum Gasteiger partial charge on any atom is -0.356 e. The van der Waals surface area contributed by atoms with Gasteiger partial charge in [-0.05, 0) is 46.1 Å². The first-order chi connectivity index (χ1) is 9.95. The number of likely N-dealkylation sites (tertiary alicyclic amines) is 1. The molecule has 5 heteroatoms. The van der Waals surface area contributed by atoms with Gasteiger partial charge in [-0.1, -0.05) is 0 Å². The van der Waals surface area contributed by atoms with Crippen LogP contribution in [0, 0.1) is 5.92 Å². The van der Waals surface area contributed by atoms with Gasteiger partial charge in [-0.15, -0.1) is 0 Å². The van der Waals surface area contributed by atoms with E-state index in [0.717, 1.165) is 25.3 Å². The molecule has 0 aliphatic carbocycles. The number of carbonyl (C=O) groups excluding carboxylic acids is 1. The van der Waals surface area contributed by atoms with E-state index in [4.69, 9.17) is 0 Å². The largest absolute Gasteiger partial charge is 0.356 e. The van der Waals surface area contributed by atoms with Crippen molar-refractivity contribution >= 4 is 5.91 Å². The van der Waals surface area contributed by atoms with Crippen molar-refractivity contribution in [1.29, 1.82) is 0 Å². The SMILES string of the molecule is CC(C)(C)N1CCC(CNC(=O)CCc2cnccn2)C1. The number of aryl methyl sites for hydroxylation is 1. The van der Waals surface area contributed by atoms with Gasteiger partial charge < -0.3 is 5.32 Å². The van der Waals surface area contributed by atoms with Gasteiger partial charge >= 0.3 is 0 Å². The van der Waals surface area contributed by atoms with Crippen LogP contribution in [-0.4, -0.2) is 45.9 Å². The summed E-state index contributed by atoms with van der Waals surface area (Å²) < 4.78 is 0. The van der Waals surface area contributed by atoms with Crippen molar-refractivity contribution in [2.75, 3.05) is 19.6 Å². The molecule has 1 N–H and O–H groups in total. The number of hydrogen-bond acceptors (Lipinski definition) is 4. The van der Waals surface area contributed by atoms with Crippen molar-refractivity contribution in [3.05, 3.63) is 24.3 Å². The number of carbonyl (C=O) groups is 1. The molecular weight excluding hydrogens is 264 g/mol. The molecule has 2 rings (SSSR count). The highest BCUT2D eigenvalue weighted by Gasteiger charge is 2.30. The summed E-state index contributed by atoms with van der Waals surface area (Å²) in [5, 5.41) is 3.05. The molecule has 0 aromatic carbocycles. The summed E-state index contributed by atoms with van der Waals surface area (Å²) in [6.07, 6.45) is 7.32. The molecule has 1 atom stereocenters. The zero-order valence-corrected chi connectivity index (χ0v) is 13.3. The van der Waals surface area contributed by atoms with E-state index in [0.29, 0.717) is 18.8 Å². The second kappa shape index (κ2) is 6.98. The van der Waals surface area contributed by atoms with Crippen LogP contribution in [0.5, 0.6) is 0 Å². The van der Waals surface area contributed by atoms with E-state index in [9.17, 15) is 4.79 Å². The summed E-state index contributed by atoms with van der Waals surface area (Å²) in [4.78, 5) is 22.5. The predicted molar refractivity (Wildman–Crippen MR) is 82.8 cm³/mol. The molecule has 0 radical (unpaired) electrons. The molecule has 1 aliphatic heterocycles. The topological polar surface area (TPSA) is 58.1 Å². The van der Waals surface area contributed by atoms with Crippen LogP contribution in [0.3, 0.4) is 0 Å². The Hall–Kier alpha value is -1.49. The van der Waals surface area contributed by atoms with Gasteiger partial charge in [-0.3, -0.25) is 19.7 Å². The van der Waals surface area contributed by atoms with Crippen molar-refractivity contribution in [2.24, 2.45) is 5.92 Å². The smallest absolute Gasteiger partial charge is 0.220 e. The minimum absolute atomic E-state index is 0.106. The monoisotopic (exact) mass is 290 g/mol. The van der Waals surface area contributed by atoms with Gasteiger partial charge in [-0.2, -0.15) is 0 Å². The van der Waals surface area contributed by atoms with Gasteiger partial charge in [0, 0.05) is 43.6 Å². The van der Waals surface area contributed by atoms with Crippen LogP contribution in [0.2, 0.25) is 0 Å². The van der Waals surface area contributed by atoms with Crippen molar-refractivity contribution < 1.29 is 4.79 Å². The number of nitrogens with zero attached hydrogens (tertiary/aromatic N) is 3. The summed E-state index contributed by atoms with van der Waals surface area (Å²) in [5.41, 5.74) is 1.09. The first-order valence-electron chi connectivity index (χ1n) is 7.72. The summed E-state index contributed by atoms with van der Waals surface area (Å²) in [6, 6.07) is 0. The first-order valence-corrected chi connectivity index (χ1v) is 7.72. The van der Waals surface area contributed by atoms with Crippen molar-refractivity contribution in [1.82, 2.24) is 20.2 Å². The number of rotatable bonds is 5. The van der Waals surface area contributed by atoms with E-state index in [1.54, 1.807) is 18.6 Å². The summed E-state index contributed by atoms with van der Waals surface area (Å²) in [6.45, 7) is 9.72. The van der Waals surface area contributed by atoms with Gasteiger partial charge in [0.05, 0.1) is 5.69 Å². The number of nitrogens with one attached hydrogen (secondary N) is 1. The van der Waals surface area contributed by atoms with Crippen LogP contribution in [0.15, 0.2) is 18.6 Å². The van der Waals surface area contributed by atoms with Crippen LogP contribution < -0.4 is 5.32 Å². The molecule has 1 unspecified atom stereocenters. The maximum atomic E-state index is 11.9. The zero-order valence-electron chi connectivity index (χ0n) is 13.3. The van der Waals surface area contributed by atoms with Gasteiger partial charge in [0.25, 0.3) is 0 Å². The molecule has 0 saturated carbocycles. The van der Waals surface area contributed by atoms with Gasteiger partial charge in [0.2, 0.25) is 5.91 Å². The maximum Gasteiger partial charge on any atom is 0.220 e. The Morgan fingerprint density at radius 3 is 2.86 bits per heavy atom. The lowest BCUT2D eigenvalue weighted by Gasteiger charge is -2.31. The molecule has 2 heterocycles. The lowest BCUT2D eigenvalue weighted by atomic mass is 10.1. The van der Waals surface area contributed by atoms with E-state index in [1.165, 1.54) is 6.42 Å². The Labute approximate surface area is 127 Å². The molecule has 0 spiro atoms. The summed E-state index contributed by atoms with van der Waals surface area (Å²) in [5.74, 6) is 0.680. The third-order valence-electron chi connectivity index (χ3n) is 4.05. The fourth-order valence-electron chi connectivity index (χ4n) is 2.66. The Kier molecular flexibility index (Phi) is 5.28. The number of hydrogen-bond donors (Lipinski definition) is 1. The first kappa shape index (κ1) is 15.9. The van der Waals surface area contributed by atoms with Crippen LogP contribution in [-0.2, 0) is 11.2 Å². The molecule has 1 aromatic heterocycles. The molecule has 5 nitrogen and oxygen atoms in total. The molecule has 0 bridgehead atoms. The van der Waals surface area contributed by atoms with Gasteiger partial charge in [-0.25, -0.2) is 0 Å². The highest BCUT2D eigenvalue weighted by molar-refractivity contribution is 5.76. The number of aromatic nitrogens is 2. The molecule has 116 valence electrons. The Bertz CT molecular complexity index is 455. The van der Waals surface area contributed by atoms with E-state index in [1.807, 2.05) is 0 Å². The minimum atomic E-state index is 0.106.